The first-order valence-corrected chi connectivity index (χ1v) is 7.67. The molecule has 0 spiro atoms. The normalized spacial score (nSPS) is 11.3. The average Bonchev–Trinajstić information content (AvgIpc) is 3.01. The Morgan fingerprint density at radius 1 is 1.33 bits per heavy atom. The van der Waals surface area contributed by atoms with Crippen molar-refractivity contribution in [2.45, 2.75) is 13.1 Å². The zero-order valence-electron chi connectivity index (χ0n) is 14.9. The van der Waals surface area contributed by atoms with E-state index in [9.17, 15) is 0 Å². The molecule has 0 bridgehead atoms. The Morgan fingerprint density at radius 2 is 2.12 bits per heavy atom. The molecule has 0 saturated carbocycles. The van der Waals surface area contributed by atoms with Gasteiger partial charge in [-0.1, -0.05) is 0 Å². The molecule has 0 fully saturated rings. The number of aliphatic imine (C=N–C) groups is 1. The number of methoxy groups -OCH3 is 2. The summed E-state index contributed by atoms with van der Waals surface area (Å²) < 4.78 is 12.5. The van der Waals surface area contributed by atoms with Crippen molar-refractivity contribution in [3.05, 3.63) is 41.7 Å². The molecule has 7 nitrogen and oxygen atoms in total. The first kappa shape index (κ1) is 17.7. The summed E-state index contributed by atoms with van der Waals surface area (Å²) in [5, 5.41) is 7.50. The third-order valence-corrected chi connectivity index (χ3v) is 3.68. The van der Waals surface area contributed by atoms with Gasteiger partial charge in [-0.05, 0) is 12.1 Å². The van der Waals surface area contributed by atoms with Crippen LogP contribution in [0.25, 0.3) is 0 Å². The van der Waals surface area contributed by atoms with E-state index in [2.05, 4.69) is 15.4 Å². The summed E-state index contributed by atoms with van der Waals surface area (Å²) in [6.07, 6.45) is 3.82. The van der Waals surface area contributed by atoms with Gasteiger partial charge in [0, 0.05) is 57.6 Å². The van der Waals surface area contributed by atoms with E-state index < -0.39 is 0 Å². The SMILES string of the molecule is CN=C(NCc1cnn(C)c1)N(C)Cc1ccc(OC)cc1OC. The van der Waals surface area contributed by atoms with Crippen LogP contribution in [0.1, 0.15) is 11.1 Å². The predicted octanol–water partition coefficient (Wildman–Crippen LogP) is 1.64. The molecule has 2 aromatic rings. The average molecular weight is 331 g/mol. The van der Waals surface area contributed by atoms with Gasteiger partial charge in [0.25, 0.3) is 0 Å². The smallest absolute Gasteiger partial charge is 0.193 e. The largest absolute Gasteiger partial charge is 0.497 e. The Hall–Kier alpha value is -2.70. The summed E-state index contributed by atoms with van der Waals surface area (Å²) in [6, 6.07) is 5.81. The Kier molecular flexibility index (Phi) is 6.06. The molecule has 0 atom stereocenters. The predicted molar refractivity (Wildman–Crippen MR) is 94.4 cm³/mol. The minimum atomic E-state index is 0.667. The molecule has 24 heavy (non-hydrogen) atoms. The van der Waals surface area contributed by atoms with Gasteiger partial charge in [-0.2, -0.15) is 5.10 Å². The summed E-state index contributed by atoms with van der Waals surface area (Å²) in [7, 11) is 8.97. The molecule has 7 heteroatoms. The summed E-state index contributed by atoms with van der Waals surface area (Å²) in [5.41, 5.74) is 2.17. The number of nitrogens with zero attached hydrogens (tertiary/aromatic N) is 4. The number of hydrogen-bond donors (Lipinski definition) is 1. The third kappa shape index (κ3) is 4.41. The van der Waals surface area contributed by atoms with E-state index in [4.69, 9.17) is 9.47 Å². The van der Waals surface area contributed by atoms with Gasteiger partial charge in [0.2, 0.25) is 0 Å². The fourth-order valence-electron chi connectivity index (χ4n) is 2.44. The van der Waals surface area contributed by atoms with Crippen molar-refractivity contribution in [1.29, 1.82) is 0 Å². The molecule has 0 unspecified atom stereocenters. The van der Waals surface area contributed by atoms with E-state index in [0.717, 1.165) is 28.6 Å². The summed E-state index contributed by atoms with van der Waals surface area (Å²) in [6.45, 7) is 1.34. The number of benzene rings is 1. The molecule has 1 aromatic heterocycles. The number of rotatable bonds is 6. The number of ether oxygens (including phenoxy) is 2. The maximum atomic E-state index is 5.46. The highest BCUT2D eigenvalue weighted by molar-refractivity contribution is 5.79. The summed E-state index contributed by atoms with van der Waals surface area (Å²) >= 11 is 0. The molecule has 0 amide bonds. The van der Waals surface area contributed by atoms with Gasteiger partial charge in [-0.15, -0.1) is 0 Å². The van der Waals surface area contributed by atoms with Gasteiger partial charge < -0.3 is 19.7 Å². The van der Waals surface area contributed by atoms with E-state index in [0.29, 0.717) is 13.1 Å². The quantitative estimate of drug-likeness (QED) is 0.644. The molecule has 2 rings (SSSR count). The van der Waals surface area contributed by atoms with Crippen molar-refractivity contribution in [1.82, 2.24) is 20.0 Å². The van der Waals surface area contributed by atoms with Crippen LogP contribution in [0, 0.1) is 0 Å². The number of aryl methyl sites for hydroxylation is 1. The van der Waals surface area contributed by atoms with Crippen LogP contribution in [-0.2, 0) is 20.1 Å². The first-order valence-electron chi connectivity index (χ1n) is 7.67. The second kappa shape index (κ2) is 8.24. The Bertz CT molecular complexity index is 696. The number of aromatic nitrogens is 2. The minimum absolute atomic E-state index is 0.667. The Balaban J connectivity index is 2.02. The summed E-state index contributed by atoms with van der Waals surface area (Å²) in [5.74, 6) is 2.37. The van der Waals surface area contributed by atoms with Crippen molar-refractivity contribution >= 4 is 5.96 Å². The van der Waals surface area contributed by atoms with Gasteiger partial charge >= 0.3 is 0 Å². The lowest BCUT2D eigenvalue weighted by molar-refractivity contribution is 0.382. The summed E-state index contributed by atoms with van der Waals surface area (Å²) in [4.78, 5) is 6.38. The van der Waals surface area contributed by atoms with Gasteiger partial charge in [-0.25, -0.2) is 0 Å². The van der Waals surface area contributed by atoms with Crippen LogP contribution < -0.4 is 14.8 Å². The van der Waals surface area contributed by atoms with E-state index in [1.165, 1.54) is 0 Å². The zero-order chi connectivity index (χ0) is 17.5. The van der Waals surface area contributed by atoms with Gasteiger partial charge in [0.1, 0.15) is 11.5 Å². The topological polar surface area (TPSA) is 63.9 Å². The molecule has 0 saturated heterocycles. The number of guanidine groups is 1. The highest BCUT2D eigenvalue weighted by Gasteiger charge is 2.11. The highest BCUT2D eigenvalue weighted by Crippen LogP contribution is 2.25. The molecular formula is C17H25N5O2. The van der Waals surface area contributed by atoms with Crippen LogP contribution in [0.4, 0.5) is 0 Å². The van der Waals surface area contributed by atoms with Crippen LogP contribution in [0.15, 0.2) is 35.6 Å². The van der Waals surface area contributed by atoms with Gasteiger partial charge in [0.15, 0.2) is 5.96 Å². The fraction of sp³-hybridized carbons (Fsp3) is 0.412. The van der Waals surface area contributed by atoms with Crippen LogP contribution >= 0.6 is 0 Å². The molecule has 1 aromatic carbocycles. The highest BCUT2D eigenvalue weighted by atomic mass is 16.5. The van der Waals surface area contributed by atoms with Crippen molar-refractivity contribution in [2.75, 3.05) is 28.3 Å². The monoisotopic (exact) mass is 331 g/mol. The van der Waals surface area contributed by atoms with E-state index in [-0.39, 0.29) is 0 Å². The maximum Gasteiger partial charge on any atom is 0.193 e. The maximum absolute atomic E-state index is 5.46. The van der Waals surface area contributed by atoms with Crippen molar-refractivity contribution < 1.29 is 9.47 Å². The van der Waals surface area contributed by atoms with E-state index >= 15 is 0 Å². The lowest BCUT2D eigenvalue weighted by atomic mass is 10.2. The molecule has 0 aliphatic carbocycles. The van der Waals surface area contributed by atoms with Gasteiger partial charge in [-0.3, -0.25) is 9.67 Å². The molecular weight excluding hydrogens is 306 g/mol. The standard InChI is InChI=1S/C17H25N5O2/c1-18-17(19-9-13-10-20-22(3)11-13)21(2)12-14-6-7-15(23-4)8-16(14)24-5/h6-8,10-11H,9,12H2,1-5H3,(H,18,19). The second-order valence-electron chi connectivity index (χ2n) is 5.46. The molecule has 0 aliphatic heterocycles. The van der Waals surface area contributed by atoms with Crippen LogP contribution in [0.5, 0.6) is 11.5 Å². The number of nitrogens with one attached hydrogen (secondary N) is 1. The van der Waals surface area contributed by atoms with Crippen molar-refractivity contribution in [3.8, 4) is 11.5 Å². The second-order valence-corrected chi connectivity index (χ2v) is 5.46. The molecule has 130 valence electrons. The van der Waals surface area contributed by atoms with Crippen LogP contribution in [-0.4, -0.2) is 49.0 Å². The third-order valence-electron chi connectivity index (χ3n) is 3.68. The van der Waals surface area contributed by atoms with Crippen LogP contribution in [0.3, 0.4) is 0 Å². The fourth-order valence-corrected chi connectivity index (χ4v) is 2.44. The van der Waals surface area contributed by atoms with E-state index in [1.54, 1.807) is 25.9 Å². The molecule has 0 radical (unpaired) electrons. The number of hydrogen-bond acceptors (Lipinski definition) is 4. The first-order chi connectivity index (χ1) is 11.6. The zero-order valence-corrected chi connectivity index (χ0v) is 14.9. The Morgan fingerprint density at radius 3 is 2.71 bits per heavy atom. The molecule has 1 N–H and O–H groups in total. The van der Waals surface area contributed by atoms with E-state index in [1.807, 2.05) is 49.6 Å². The van der Waals surface area contributed by atoms with Crippen LogP contribution in [0.2, 0.25) is 0 Å². The van der Waals surface area contributed by atoms with Crippen molar-refractivity contribution in [3.63, 3.8) is 0 Å². The minimum Gasteiger partial charge on any atom is -0.497 e. The van der Waals surface area contributed by atoms with Crippen molar-refractivity contribution in [2.24, 2.45) is 12.0 Å². The lowest BCUT2D eigenvalue weighted by Gasteiger charge is -2.23. The lowest BCUT2D eigenvalue weighted by Crippen LogP contribution is -2.38. The molecule has 0 aliphatic rings. The van der Waals surface area contributed by atoms with Gasteiger partial charge in [0.05, 0.1) is 20.4 Å². The Labute approximate surface area is 142 Å². The molecule has 1 heterocycles.